The normalized spacial score (nSPS) is 11.4. The fraction of sp³-hybridized carbons (Fsp3) is 0.412. The number of hydrogen-bond acceptors (Lipinski definition) is 6. The summed E-state index contributed by atoms with van der Waals surface area (Å²) in [5.41, 5.74) is 0.835. The van der Waals surface area contributed by atoms with Crippen LogP contribution in [0.4, 0.5) is 17.3 Å². The highest BCUT2D eigenvalue weighted by Gasteiger charge is 2.10. The van der Waals surface area contributed by atoms with Crippen LogP contribution >= 0.6 is 0 Å². The standard InChI is InChI=1S/C17H24N4O3S/c1-4-5-12-25(22,23)21-17-11-10-16(19-20-17)18-14-6-8-15(9-7-14)24-13(2)3/h6-11,13H,4-5,12H2,1-3H3,(H,18,19)(H,20,21). The first kappa shape index (κ1) is 19.0. The Bertz CT molecular complexity index is 759. The molecule has 0 saturated heterocycles. The van der Waals surface area contributed by atoms with E-state index in [1.54, 1.807) is 12.1 Å². The predicted octanol–water partition coefficient (Wildman–Crippen LogP) is 3.55. The van der Waals surface area contributed by atoms with E-state index in [-0.39, 0.29) is 17.7 Å². The molecule has 25 heavy (non-hydrogen) atoms. The number of aromatic nitrogens is 2. The van der Waals surface area contributed by atoms with Gasteiger partial charge in [0.05, 0.1) is 11.9 Å². The number of hydrogen-bond donors (Lipinski definition) is 2. The van der Waals surface area contributed by atoms with E-state index in [0.29, 0.717) is 12.2 Å². The summed E-state index contributed by atoms with van der Waals surface area (Å²) in [6, 6.07) is 10.7. The molecular weight excluding hydrogens is 340 g/mol. The highest BCUT2D eigenvalue weighted by molar-refractivity contribution is 7.92. The van der Waals surface area contributed by atoms with Crippen molar-refractivity contribution in [2.24, 2.45) is 0 Å². The average Bonchev–Trinajstić information content (AvgIpc) is 2.56. The van der Waals surface area contributed by atoms with E-state index >= 15 is 0 Å². The van der Waals surface area contributed by atoms with E-state index in [1.807, 2.05) is 45.0 Å². The van der Waals surface area contributed by atoms with Gasteiger partial charge in [-0.15, -0.1) is 10.2 Å². The number of nitrogens with one attached hydrogen (secondary N) is 2. The molecule has 2 aromatic rings. The zero-order valence-electron chi connectivity index (χ0n) is 14.7. The quantitative estimate of drug-likeness (QED) is 0.707. The number of anilines is 3. The summed E-state index contributed by atoms with van der Waals surface area (Å²) in [5, 5.41) is 11.0. The summed E-state index contributed by atoms with van der Waals surface area (Å²) in [4.78, 5) is 0. The van der Waals surface area contributed by atoms with E-state index in [0.717, 1.165) is 17.9 Å². The molecule has 0 bridgehead atoms. The van der Waals surface area contributed by atoms with Gasteiger partial charge < -0.3 is 10.1 Å². The van der Waals surface area contributed by atoms with Crippen molar-refractivity contribution in [3.05, 3.63) is 36.4 Å². The first-order chi connectivity index (χ1) is 11.9. The fourth-order valence-electron chi connectivity index (χ4n) is 2.03. The molecule has 0 radical (unpaired) electrons. The third-order valence-electron chi connectivity index (χ3n) is 3.19. The molecule has 0 amide bonds. The lowest BCUT2D eigenvalue weighted by atomic mass is 10.3. The Balaban J connectivity index is 1.96. The second-order valence-electron chi connectivity index (χ2n) is 5.89. The first-order valence-corrected chi connectivity index (χ1v) is 9.91. The second kappa shape index (κ2) is 8.66. The van der Waals surface area contributed by atoms with Crippen molar-refractivity contribution in [2.75, 3.05) is 15.8 Å². The van der Waals surface area contributed by atoms with Crippen molar-refractivity contribution in [1.29, 1.82) is 0 Å². The van der Waals surface area contributed by atoms with Crippen LogP contribution in [0.5, 0.6) is 5.75 Å². The van der Waals surface area contributed by atoms with E-state index in [1.165, 1.54) is 0 Å². The number of unbranched alkanes of at least 4 members (excludes halogenated alkanes) is 1. The van der Waals surface area contributed by atoms with Crippen molar-refractivity contribution >= 4 is 27.3 Å². The van der Waals surface area contributed by atoms with Crippen LogP contribution in [0.15, 0.2) is 36.4 Å². The van der Waals surface area contributed by atoms with Gasteiger partial charge in [-0.2, -0.15) is 0 Å². The highest BCUT2D eigenvalue weighted by atomic mass is 32.2. The summed E-state index contributed by atoms with van der Waals surface area (Å²) in [5.74, 6) is 1.61. The summed E-state index contributed by atoms with van der Waals surface area (Å²) in [6.07, 6.45) is 1.55. The number of sulfonamides is 1. The number of ether oxygens (including phenoxy) is 1. The molecule has 8 heteroatoms. The zero-order chi connectivity index (χ0) is 18.3. The topological polar surface area (TPSA) is 93.2 Å². The van der Waals surface area contributed by atoms with Crippen LogP contribution in [-0.4, -0.2) is 30.5 Å². The molecule has 1 heterocycles. The molecular formula is C17H24N4O3S. The van der Waals surface area contributed by atoms with Crippen LogP contribution in [0.3, 0.4) is 0 Å². The molecule has 136 valence electrons. The van der Waals surface area contributed by atoms with Gasteiger partial charge in [0.2, 0.25) is 10.0 Å². The maximum absolute atomic E-state index is 11.8. The van der Waals surface area contributed by atoms with E-state index in [4.69, 9.17) is 4.74 Å². The Kier molecular flexibility index (Phi) is 6.58. The van der Waals surface area contributed by atoms with Gasteiger partial charge in [0.1, 0.15) is 5.75 Å². The molecule has 1 aromatic carbocycles. The molecule has 1 aromatic heterocycles. The van der Waals surface area contributed by atoms with Crippen molar-refractivity contribution in [1.82, 2.24) is 10.2 Å². The largest absolute Gasteiger partial charge is 0.491 e. The molecule has 0 aliphatic rings. The van der Waals surface area contributed by atoms with Crippen molar-refractivity contribution in [3.8, 4) is 5.75 Å². The predicted molar refractivity (Wildman–Crippen MR) is 99.8 cm³/mol. The van der Waals surface area contributed by atoms with Gasteiger partial charge in [-0.3, -0.25) is 4.72 Å². The molecule has 2 rings (SSSR count). The van der Waals surface area contributed by atoms with Gasteiger partial charge in [0.15, 0.2) is 11.6 Å². The average molecular weight is 364 g/mol. The van der Waals surface area contributed by atoms with Gasteiger partial charge in [0.25, 0.3) is 0 Å². The van der Waals surface area contributed by atoms with Crippen LogP contribution in [0.2, 0.25) is 0 Å². The third kappa shape index (κ3) is 6.58. The second-order valence-corrected chi connectivity index (χ2v) is 7.74. The summed E-state index contributed by atoms with van der Waals surface area (Å²) in [7, 11) is -3.37. The number of nitrogens with zero attached hydrogens (tertiary/aromatic N) is 2. The maximum Gasteiger partial charge on any atom is 0.233 e. The first-order valence-electron chi connectivity index (χ1n) is 8.26. The van der Waals surface area contributed by atoms with Crippen LogP contribution in [-0.2, 0) is 10.0 Å². The number of benzene rings is 1. The van der Waals surface area contributed by atoms with E-state index in [9.17, 15) is 8.42 Å². The van der Waals surface area contributed by atoms with Crippen molar-refractivity contribution < 1.29 is 13.2 Å². The minimum atomic E-state index is -3.37. The van der Waals surface area contributed by atoms with Crippen molar-refractivity contribution in [3.63, 3.8) is 0 Å². The lowest BCUT2D eigenvalue weighted by molar-refractivity contribution is 0.242. The molecule has 2 N–H and O–H groups in total. The smallest absolute Gasteiger partial charge is 0.233 e. The summed E-state index contributed by atoms with van der Waals surface area (Å²) < 4.78 is 31.7. The minimum Gasteiger partial charge on any atom is -0.491 e. The Morgan fingerprint density at radius 1 is 1.04 bits per heavy atom. The minimum absolute atomic E-state index is 0.0793. The van der Waals surface area contributed by atoms with E-state index < -0.39 is 10.0 Å². The summed E-state index contributed by atoms with van der Waals surface area (Å²) in [6.45, 7) is 5.89. The molecule has 7 nitrogen and oxygen atoms in total. The molecule has 0 atom stereocenters. The van der Waals surface area contributed by atoms with Crippen LogP contribution in [0.25, 0.3) is 0 Å². The van der Waals surface area contributed by atoms with E-state index in [2.05, 4.69) is 20.2 Å². The zero-order valence-corrected chi connectivity index (χ0v) is 15.5. The summed E-state index contributed by atoms with van der Waals surface area (Å²) >= 11 is 0. The third-order valence-corrected chi connectivity index (χ3v) is 4.54. The van der Waals surface area contributed by atoms with Crippen LogP contribution in [0.1, 0.15) is 33.6 Å². The Morgan fingerprint density at radius 2 is 1.68 bits per heavy atom. The van der Waals surface area contributed by atoms with Gasteiger partial charge >= 0.3 is 0 Å². The van der Waals surface area contributed by atoms with Gasteiger partial charge in [-0.1, -0.05) is 13.3 Å². The Morgan fingerprint density at radius 3 is 2.24 bits per heavy atom. The monoisotopic (exact) mass is 364 g/mol. The van der Waals surface area contributed by atoms with Crippen LogP contribution in [0, 0.1) is 0 Å². The van der Waals surface area contributed by atoms with Gasteiger partial charge in [-0.05, 0) is 56.7 Å². The number of rotatable bonds is 9. The lowest BCUT2D eigenvalue weighted by Crippen LogP contribution is -2.17. The van der Waals surface area contributed by atoms with Gasteiger partial charge in [-0.25, -0.2) is 8.42 Å². The van der Waals surface area contributed by atoms with Crippen LogP contribution < -0.4 is 14.8 Å². The molecule has 0 spiro atoms. The molecule has 0 aliphatic heterocycles. The van der Waals surface area contributed by atoms with Gasteiger partial charge in [0, 0.05) is 5.69 Å². The molecule has 0 saturated carbocycles. The molecule has 0 fully saturated rings. The molecule has 0 aliphatic carbocycles. The SMILES string of the molecule is CCCCS(=O)(=O)Nc1ccc(Nc2ccc(OC(C)C)cc2)nn1. The molecule has 0 unspecified atom stereocenters. The lowest BCUT2D eigenvalue weighted by Gasteiger charge is -2.11. The maximum atomic E-state index is 11.8. The fourth-order valence-corrected chi connectivity index (χ4v) is 3.23. The highest BCUT2D eigenvalue weighted by Crippen LogP contribution is 2.20. The Hall–Kier alpha value is -2.35. The van der Waals surface area contributed by atoms with Crippen molar-refractivity contribution in [2.45, 2.75) is 39.7 Å². The Labute approximate surface area is 148 Å².